The fourth-order valence-electron chi connectivity index (χ4n) is 2.43. The molecule has 96 valence electrons. The van der Waals surface area contributed by atoms with Gasteiger partial charge in [-0.05, 0) is 32.3 Å². The molecule has 1 aromatic rings. The van der Waals surface area contributed by atoms with Gasteiger partial charge in [-0.2, -0.15) is 0 Å². The van der Waals surface area contributed by atoms with Gasteiger partial charge >= 0.3 is 0 Å². The van der Waals surface area contributed by atoms with Crippen molar-refractivity contribution in [2.75, 3.05) is 12.0 Å². The molecule has 0 saturated heterocycles. The van der Waals surface area contributed by atoms with Gasteiger partial charge in [0.2, 0.25) is 0 Å². The normalized spacial score (nSPS) is 23.1. The summed E-state index contributed by atoms with van der Waals surface area (Å²) >= 11 is 0. The summed E-state index contributed by atoms with van der Waals surface area (Å²) < 4.78 is 16.5. The molecule has 0 bridgehead atoms. The second-order valence-electron chi connectivity index (χ2n) is 4.88. The predicted molar refractivity (Wildman–Crippen MR) is 70.5 cm³/mol. The van der Waals surface area contributed by atoms with Crippen LogP contribution in [-0.2, 0) is 17.2 Å². The first-order valence-corrected chi connectivity index (χ1v) is 8.02. The first-order valence-electron chi connectivity index (χ1n) is 6.29. The largest absolute Gasteiger partial charge is 0.469 e. The van der Waals surface area contributed by atoms with Gasteiger partial charge in [0.15, 0.2) is 0 Å². The first kappa shape index (κ1) is 12.8. The van der Waals surface area contributed by atoms with Crippen LogP contribution < -0.4 is 5.32 Å². The summed E-state index contributed by atoms with van der Waals surface area (Å²) in [6.45, 7) is 2.17. The molecule has 0 fully saturated rings. The van der Waals surface area contributed by atoms with Gasteiger partial charge in [0.25, 0.3) is 0 Å². The van der Waals surface area contributed by atoms with Crippen LogP contribution in [0.1, 0.15) is 43.6 Å². The van der Waals surface area contributed by atoms with Crippen LogP contribution in [0.2, 0.25) is 0 Å². The Labute approximate surface area is 105 Å². The van der Waals surface area contributed by atoms with E-state index in [1.807, 2.05) is 0 Å². The van der Waals surface area contributed by atoms with Crippen LogP contribution in [0.5, 0.6) is 0 Å². The van der Waals surface area contributed by atoms with Crippen LogP contribution in [0.4, 0.5) is 0 Å². The van der Waals surface area contributed by atoms with Gasteiger partial charge in [-0.15, -0.1) is 0 Å². The maximum atomic E-state index is 11.1. The predicted octanol–water partition coefficient (Wildman–Crippen LogP) is 2.40. The summed E-state index contributed by atoms with van der Waals surface area (Å²) in [5.41, 5.74) is 1.32. The second-order valence-corrected chi connectivity index (χ2v) is 6.43. The summed E-state index contributed by atoms with van der Waals surface area (Å²) in [5, 5.41) is 3.62. The van der Waals surface area contributed by atoms with Crippen molar-refractivity contribution in [1.29, 1.82) is 0 Å². The number of aryl methyl sites for hydroxylation is 1. The monoisotopic (exact) mass is 255 g/mol. The van der Waals surface area contributed by atoms with E-state index in [0.29, 0.717) is 12.1 Å². The highest BCUT2D eigenvalue weighted by Crippen LogP contribution is 2.30. The molecule has 3 unspecified atom stereocenters. The summed E-state index contributed by atoms with van der Waals surface area (Å²) in [6.07, 6.45) is 7.94. The fourth-order valence-corrected chi connectivity index (χ4v) is 3.11. The maximum Gasteiger partial charge on any atom is 0.108 e. The minimum Gasteiger partial charge on any atom is -0.469 e. The molecule has 2 rings (SSSR count). The van der Waals surface area contributed by atoms with E-state index in [2.05, 4.69) is 18.3 Å². The van der Waals surface area contributed by atoms with Crippen LogP contribution in [0.15, 0.2) is 16.7 Å². The van der Waals surface area contributed by atoms with E-state index in [9.17, 15) is 4.21 Å². The van der Waals surface area contributed by atoms with Gasteiger partial charge in [0.05, 0.1) is 6.26 Å². The molecule has 17 heavy (non-hydrogen) atoms. The van der Waals surface area contributed by atoms with Gasteiger partial charge in [-0.1, -0.05) is 0 Å². The Morgan fingerprint density at radius 2 is 2.47 bits per heavy atom. The molecule has 1 heterocycles. The van der Waals surface area contributed by atoms with Crippen LogP contribution in [0, 0.1) is 0 Å². The lowest BCUT2D eigenvalue weighted by Gasteiger charge is -2.26. The average Bonchev–Trinajstić information content (AvgIpc) is 2.75. The average molecular weight is 255 g/mol. The minimum atomic E-state index is -0.689. The van der Waals surface area contributed by atoms with Gasteiger partial charge in [0, 0.05) is 46.9 Å². The van der Waals surface area contributed by atoms with E-state index in [1.165, 1.54) is 18.4 Å². The van der Waals surface area contributed by atoms with Crippen molar-refractivity contribution in [3.8, 4) is 0 Å². The van der Waals surface area contributed by atoms with Crippen molar-refractivity contribution in [2.24, 2.45) is 0 Å². The third kappa shape index (κ3) is 3.42. The minimum absolute atomic E-state index is 0.407. The molecule has 0 amide bonds. The Bertz CT molecular complexity index is 389. The lowest BCUT2D eigenvalue weighted by atomic mass is 9.93. The summed E-state index contributed by atoms with van der Waals surface area (Å²) in [5.74, 6) is 1.92. The van der Waals surface area contributed by atoms with Crippen molar-refractivity contribution < 1.29 is 8.63 Å². The summed E-state index contributed by atoms with van der Waals surface area (Å²) in [6, 6.07) is 2.90. The highest BCUT2D eigenvalue weighted by Gasteiger charge is 2.23. The van der Waals surface area contributed by atoms with Gasteiger partial charge in [-0.25, -0.2) is 0 Å². The highest BCUT2D eigenvalue weighted by atomic mass is 32.2. The Hall–Kier alpha value is -0.610. The van der Waals surface area contributed by atoms with Crippen LogP contribution in [0.3, 0.4) is 0 Å². The lowest BCUT2D eigenvalue weighted by molar-refractivity contribution is 0.378. The quantitative estimate of drug-likeness (QED) is 0.878. The lowest BCUT2D eigenvalue weighted by Crippen LogP contribution is -2.33. The molecule has 0 spiro atoms. The van der Waals surface area contributed by atoms with Crippen molar-refractivity contribution in [3.05, 3.63) is 23.7 Å². The summed E-state index contributed by atoms with van der Waals surface area (Å²) in [7, 11) is -0.689. The van der Waals surface area contributed by atoms with Crippen molar-refractivity contribution in [1.82, 2.24) is 5.32 Å². The maximum absolute atomic E-state index is 11.1. The van der Waals surface area contributed by atoms with Crippen molar-refractivity contribution >= 4 is 10.8 Å². The first-order chi connectivity index (χ1) is 8.16. The molecule has 0 saturated carbocycles. The molecule has 4 heteroatoms. The highest BCUT2D eigenvalue weighted by molar-refractivity contribution is 7.84. The molecule has 1 aliphatic carbocycles. The third-order valence-corrected chi connectivity index (χ3v) is 4.19. The SMILES string of the molecule is CC(CCS(C)=O)NC1CCCc2occc21. The van der Waals surface area contributed by atoms with Crippen molar-refractivity contribution in [2.45, 2.75) is 44.7 Å². The van der Waals surface area contributed by atoms with Gasteiger partial charge in [-0.3, -0.25) is 4.21 Å². The molecular formula is C13H21NO2S. The molecule has 3 nitrogen and oxygen atoms in total. The molecule has 1 N–H and O–H groups in total. The van der Waals surface area contributed by atoms with E-state index in [0.717, 1.165) is 24.4 Å². The summed E-state index contributed by atoms with van der Waals surface area (Å²) in [4.78, 5) is 0. The van der Waals surface area contributed by atoms with E-state index < -0.39 is 10.8 Å². The van der Waals surface area contributed by atoms with Crippen molar-refractivity contribution in [3.63, 3.8) is 0 Å². The molecule has 3 atom stereocenters. The van der Waals surface area contributed by atoms with Gasteiger partial charge < -0.3 is 9.73 Å². The number of furan rings is 1. The van der Waals surface area contributed by atoms with Crippen LogP contribution in [0.25, 0.3) is 0 Å². The van der Waals surface area contributed by atoms with E-state index in [-0.39, 0.29) is 0 Å². The molecule has 0 radical (unpaired) electrons. The Morgan fingerprint density at radius 1 is 1.65 bits per heavy atom. The number of nitrogens with one attached hydrogen (secondary N) is 1. The van der Waals surface area contributed by atoms with E-state index >= 15 is 0 Å². The molecule has 1 aliphatic rings. The Morgan fingerprint density at radius 3 is 3.24 bits per heavy atom. The number of hydrogen-bond donors (Lipinski definition) is 1. The van der Waals surface area contributed by atoms with Crippen LogP contribution >= 0.6 is 0 Å². The third-order valence-electron chi connectivity index (χ3n) is 3.38. The zero-order chi connectivity index (χ0) is 12.3. The van der Waals surface area contributed by atoms with Crippen LogP contribution in [-0.4, -0.2) is 22.3 Å². The topological polar surface area (TPSA) is 42.2 Å². The molecular weight excluding hydrogens is 234 g/mol. The second kappa shape index (κ2) is 5.83. The smallest absolute Gasteiger partial charge is 0.108 e. The van der Waals surface area contributed by atoms with E-state index in [1.54, 1.807) is 12.5 Å². The van der Waals surface area contributed by atoms with E-state index in [4.69, 9.17) is 4.42 Å². The molecule has 0 aromatic carbocycles. The molecule has 1 aromatic heterocycles. The van der Waals surface area contributed by atoms with Gasteiger partial charge in [0.1, 0.15) is 5.76 Å². The fraction of sp³-hybridized carbons (Fsp3) is 0.692. The molecule has 0 aliphatic heterocycles. The Kier molecular flexibility index (Phi) is 4.40. The zero-order valence-electron chi connectivity index (χ0n) is 10.6. The number of hydrogen-bond acceptors (Lipinski definition) is 3. The zero-order valence-corrected chi connectivity index (χ0v) is 11.4. The Balaban J connectivity index is 1.90. The standard InChI is InChI=1S/C13H21NO2S/c1-10(7-9-17(2)15)14-12-4-3-5-13-11(12)6-8-16-13/h6,8,10,12,14H,3-5,7,9H2,1-2H3. The number of fused-ring (bicyclic) bond motifs is 1. The number of rotatable bonds is 5.